The highest BCUT2D eigenvalue weighted by Crippen LogP contribution is 2.53. The van der Waals surface area contributed by atoms with Crippen LogP contribution in [0.1, 0.15) is 105 Å². The van der Waals surface area contributed by atoms with E-state index in [4.69, 9.17) is 4.74 Å². The van der Waals surface area contributed by atoms with Gasteiger partial charge in [0.25, 0.3) is 11.8 Å². The van der Waals surface area contributed by atoms with Crippen LogP contribution < -0.4 is 5.32 Å². The van der Waals surface area contributed by atoms with Gasteiger partial charge in [0, 0.05) is 42.7 Å². The summed E-state index contributed by atoms with van der Waals surface area (Å²) in [6, 6.07) is 6.06. The van der Waals surface area contributed by atoms with Gasteiger partial charge in [-0.1, -0.05) is 34.6 Å². The van der Waals surface area contributed by atoms with E-state index in [1.807, 2.05) is 18.7 Å². The van der Waals surface area contributed by atoms with Crippen LogP contribution in [0.3, 0.4) is 0 Å². The van der Waals surface area contributed by atoms with Gasteiger partial charge in [0.15, 0.2) is 0 Å². The molecule has 2 aromatic rings. The molecule has 2 aliphatic heterocycles. The first-order valence-electron chi connectivity index (χ1n) is 16.5. The Labute approximate surface area is 277 Å². The second-order valence-electron chi connectivity index (χ2n) is 14.1. The predicted octanol–water partition coefficient (Wildman–Crippen LogP) is 6.37. The van der Waals surface area contributed by atoms with Crippen molar-refractivity contribution in [2.75, 3.05) is 38.1 Å². The minimum Gasteiger partial charge on any atom is -0.450 e. The monoisotopic (exact) mass is 672 g/mol. The molecule has 10 nitrogen and oxygen atoms in total. The van der Waals surface area contributed by atoms with Crippen LogP contribution in [0.15, 0.2) is 29.2 Å². The highest BCUT2D eigenvalue weighted by atomic mass is 32.2. The molecule has 2 unspecified atom stereocenters. The Morgan fingerprint density at radius 1 is 1.04 bits per heavy atom. The number of carbonyl (C=O) groups is 3. The lowest BCUT2D eigenvalue weighted by molar-refractivity contribution is 0.0755. The number of sulfonamides is 1. The van der Waals surface area contributed by atoms with E-state index in [2.05, 4.69) is 26.1 Å². The number of hydrogen-bond donors (Lipinski definition) is 1. The molecule has 0 spiro atoms. The van der Waals surface area contributed by atoms with Crippen molar-refractivity contribution < 1.29 is 27.5 Å². The fraction of sp³-hybridized carbons (Fsp3) is 0.618. The molecule has 1 saturated carbocycles. The van der Waals surface area contributed by atoms with Gasteiger partial charge >= 0.3 is 6.09 Å². The fourth-order valence-electron chi connectivity index (χ4n) is 7.88. The van der Waals surface area contributed by atoms with E-state index in [1.54, 1.807) is 16.1 Å². The molecule has 2 bridgehead atoms. The van der Waals surface area contributed by atoms with Crippen LogP contribution in [0.25, 0.3) is 0 Å². The van der Waals surface area contributed by atoms with Crippen molar-refractivity contribution in [1.82, 2.24) is 14.1 Å². The number of fused-ring (bicyclic) bond motifs is 3. The highest BCUT2D eigenvalue weighted by molar-refractivity contribution is 7.89. The summed E-state index contributed by atoms with van der Waals surface area (Å²) in [6.45, 7) is 15.1. The zero-order valence-corrected chi connectivity index (χ0v) is 29.6. The molecule has 46 heavy (non-hydrogen) atoms. The van der Waals surface area contributed by atoms with E-state index in [9.17, 15) is 22.8 Å². The van der Waals surface area contributed by atoms with Gasteiger partial charge in [-0.15, -0.1) is 11.3 Å². The number of carbonyl (C=O) groups excluding carboxylic acids is 3. The van der Waals surface area contributed by atoms with Crippen LogP contribution in [0, 0.1) is 10.8 Å². The first-order valence-corrected chi connectivity index (χ1v) is 18.8. The molecule has 1 aromatic carbocycles. The molecule has 2 atom stereocenters. The Bertz CT molecular complexity index is 1580. The quantitative estimate of drug-likeness (QED) is 0.314. The molecular weight excluding hydrogens is 625 g/mol. The second kappa shape index (κ2) is 13.3. The molecule has 5 rings (SSSR count). The van der Waals surface area contributed by atoms with Gasteiger partial charge in [-0.3, -0.25) is 9.59 Å². The molecule has 3 heterocycles. The maximum absolute atomic E-state index is 13.9. The minimum atomic E-state index is -3.73. The van der Waals surface area contributed by atoms with E-state index in [0.717, 1.165) is 42.5 Å². The lowest BCUT2D eigenvalue weighted by Gasteiger charge is -2.39. The third kappa shape index (κ3) is 6.85. The number of amides is 3. The summed E-state index contributed by atoms with van der Waals surface area (Å²) in [6.07, 6.45) is 4.39. The topological polar surface area (TPSA) is 116 Å². The normalized spacial score (nSPS) is 22.3. The summed E-state index contributed by atoms with van der Waals surface area (Å²) in [5.74, 6) is -0.558. The highest BCUT2D eigenvalue weighted by Gasteiger charge is 2.53. The molecular formula is C34H48N4O6S2. The third-order valence-corrected chi connectivity index (χ3v) is 12.4. The molecule has 3 amide bonds. The van der Waals surface area contributed by atoms with Crippen molar-refractivity contribution in [2.45, 2.75) is 97.5 Å². The zero-order valence-electron chi connectivity index (χ0n) is 28.0. The molecule has 3 aliphatic rings. The van der Waals surface area contributed by atoms with E-state index in [-0.39, 0.29) is 34.3 Å². The summed E-state index contributed by atoms with van der Waals surface area (Å²) in [7, 11) is -3.73. The first kappa shape index (κ1) is 34.4. The van der Waals surface area contributed by atoms with Gasteiger partial charge in [-0.2, -0.15) is 4.31 Å². The molecule has 12 heteroatoms. The lowest BCUT2D eigenvalue weighted by Crippen LogP contribution is -2.37. The summed E-state index contributed by atoms with van der Waals surface area (Å²) in [5, 5.41) is 3.41. The van der Waals surface area contributed by atoms with E-state index in [1.165, 1.54) is 35.6 Å². The van der Waals surface area contributed by atoms with E-state index in [0.29, 0.717) is 55.3 Å². The number of nitrogens with zero attached hydrogens (tertiary/aromatic N) is 3. The number of hydrogen-bond acceptors (Lipinski definition) is 7. The number of rotatable bonds is 10. The van der Waals surface area contributed by atoms with Gasteiger partial charge < -0.3 is 19.9 Å². The first-order chi connectivity index (χ1) is 21.7. The number of thiophene rings is 1. The molecule has 1 aromatic heterocycles. The van der Waals surface area contributed by atoms with E-state index >= 15 is 0 Å². The van der Waals surface area contributed by atoms with Gasteiger partial charge in [-0.25, -0.2) is 13.2 Å². The van der Waals surface area contributed by atoms with E-state index < -0.39 is 22.0 Å². The van der Waals surface area contributed by atoms with Crippen LogP contribution in [-0.4, -0.2) is 79.3 Å². The summed E-state index contributed by atoms with van der Waals surface area (Å²) < 4.78 is 34.4. The number of anilines is 1. The van der Waals surface area contributed by atoms with Crippen LogP contribution in [-0.2, 0) is 27.7 Å². The predicted molar refractivity (Wildman–Crippen MR) is 180 cm³/mol. The van der Waals surface area contributed by atoms with Gasteiger partial charge in [0.05, 0.1) is 23.6 Å². The smallest absolute Gasteiger partial charge is 0.410 e. The Kier molecular flexibility index (Phi) is 9.92. The largest absolute Gasteiger partial charge is 0.450 e. The average Bonchev–Trinajstić information content (AvgIpc) is 3.48. The van der Waals surface area contributed by atoms with Crippen molar-refractivity contribution in [3.8, 4) is 0 Å². The van der Waals surface area contributed by atoms with Crippen molar-refractivity contribution in [3.05, 3.63) is 45.8 Å². The fourth-order valence-corrected chi connectivity index (χ4v) is 10.9. The summed E-state index contributed by atoms with van der Waals surface area (Å²) in [5.41, 5.74) is 1.69. The molecule has 252 valence electrons. The van der Waals surface area contributed by atoms with Crippen LogP contribution in [0.5, 0.6) is 0 Å². The third-order valence-electron chi connectivity index (χ3n) is 9.39. The SMILES string of the molecule is CCCN(CCC)C(=O)c1c(NC(=O)c2ccc(S(=O)(=O)N3CC4(C)CC3CC(C)(C)C4)cc2)sc2c1CCN(C(=O)OCC)C2. The summed E-state index contributed by atoms with van der Waals surface area (Å²) in [4.78, 5) is 44.5. The van der Waals surface area contributed by atoms with Gasteiger partial charge in [-0.05, 0) is 86.1 Å². The van der Waals surface area contributed by atoms with Crippen molar-refractivity contribution >= 4 is 44.3 Å². The standard InChI is InChI=1S/C34H48N4O6S2/c1-7-15-36(16-8-2)31(40)28-26-14-17-37(32(41)44-9-3)20-27(26)45-30(28)35-29(39)23-10-12-25(13-11-23)46(42,43)38-22-34(6)19-24(38)18-33(4,5)21-34/h10-13,24H,7-9,14-22H2,1-6H3,(H,35,39). The van der Waals surface area contributed by atoms with Crippen molar-refractivity contribution in [2.24, 2.45) is 10.8 Å². The molecule has 0 radical (unpaired) electrons. The molecule has 1 N–H and O–H groups in total. The lowest BCUT2D eigenvalue weighted by atomic mass is 9.65. The van der Waals surface area contributed by atoms with Crippen molar-refractivity contribution in [3.63, 3.8) is 0 Å². The Morgan fingerprint density at radius 3 is 2.35 bits per heavy atom. The second-order valence-corrected chi connectivity index (χ2v) is 17.1. The maximum Gasteiger partial charge on any atom is 0.410 e. The number of nitrogens with one attached hydrogen (secondary N) is 1. The Balaban J connectivity index is 1.39. The molecule has 2 fully saturated rings. The van der Waals surface area contributed by atoms with Gasteiger partial charge in [0.2, 0.25) is 10.0 Å². The minimum absolute atomic E-state index is 0.0257. The number of benzene rings is 1. The van der Waals surface area contributed by atoms with Crippen molar-refractivity contribution in [1.29, 1.82) is 0 Å². The zero-order chi connectivity index (χ0) is 33.4. The average molecular weight is 673 g/mol. The van der Waals surface area contributed by atoms with Crippen LogP contribution in [0.2, 0.25) is 0 Å². The maximum atomic E-state index is 13.9. The Hall–Kier alpha value is -2.96. The van der Waals surface area contributed by atoms with Crippen LogP contribution >= 0.6 is 11.3 Å². The molecule has 1 saturated heterocycles. The Morgan fingerprint density at radius 2 is 1.72 bits per heavy atom. The van der Waals surface area contributed by atoms with Crippen LogP contribution in [0.4, 0.5) is 9.80 Å². The number of ether oxygens (including phenoxy) is 1. The molecule has 1 aliphatic carbocycles. The van der Waals surface area contributed by atoms with Gasteiger partial charge in [0.1, 0.15) is 5.00 Å². The summed E-state index contributed by atoms with van der Waals surface area (Å²) >= 11 is 1.31.